The third-order valence-corrected chi connectivity index (χ3v) is 3.95. The minimum Gasteiger partial charge on any atom is -0.444 e. The zero-order valence-corrected chi connectivity index (χ0v) is 13.6. The third kappa shape index (κ3) is 3.50. The number of carbonyl (C=O) groups excluding carboxylic acids is 1. The van der Waals surface area contributed by atoms with E-state index in [1.165, 1.54) is 11.3 Å². The van der Waals surface area contributed by atoms with Crippen molar-refractivity contribution in [2.75, 3.05) is 18.5 Å². The van der Waals surface area contributed by atoms with E-state index in [1.54, 1.807) is 6.20 Å². The second-order valence-electron chi connectivity index (χ2n) is 6.13. The van der Waals surface area contributed by atoms with Gasteiger partial charge in [-0.15, -0.1) is 0 Å². The van der Waals surface area contributed by atoms with E-state index in [0.29, 0.717) is 28.1 Å². The summed E-state index contributed by atoms with van der Waals surface area (Å²) < 4.78 is 10.6. The van der Waals surface area contributed by atoms with Gasteiger partial charge >= 0.3 is 6.09 Å². The quantitative estimate of drug-likeness (QED) is 0.915. The van der Waals surface area contributed by atoms with Crippen LogP contribution in [0, 0.1) is 0 Å². The summed E-state index contributed by atoms with van der Waals surface area (Å²) in [6.07, 6.45) is 2.16. The summed E-state index contributed by atoms with van der Waals surface area (Å²) in [7, 11) is 0. The largest absolute Gasteiger partial charge is 0.444 e. The van der Waals surface area contributed by atoms with E-state index in [4.69, 9.17) is 9.47 Å². The number of ether oxygens (including phenoxy) is 2. The van der Waals surface area contributed by atoms with Crippen LogP contribution in [0.25, 0.3) is 10.5 Å². The number of amides is 1. The number of nitrogens with zero attached hydrogens (tertiary/aromatic N) is 3. The Balaban J connectivity index is 1.76. The van der Waals surface area contributed by atoms with Crippen LogP contribution in [0.1, 0.15) is 38.8 Å². The minimum absolute atomic E-state index is 0.293. The van der Waals surface area contributed by atoms with Crippen molar-refractivity contribution in [3.63, 3.8) is 0 Å². The van der Waals surface area contributed by atoms with Gasteiger partial charge < -0.3 is 9.47 Å². The number of carbonyl (C=O) groups is 1. The van der Waals surface area contributed by atoms with Crippen LogP contribution in [0.15, 0.2) is 6.20 Å². The zero-order chi connectivity index (χ0) is 15.7. The molecule has 22 heavy (non-hydrogen) atoms. The lowest BCUT2D eigenvalue weighted by atomic mass is 10.1. The van der Waals surface area contributed by atoms with E-state index in [-0.39, 0.29) is 0 Å². The standard InChI is InChI=1S/C14H18N4O3S/c1-14(2,3)21-13(19)18-12-17-10-11(22-12)16-9(6-15-10)8-4-5-20-7-8/h6,8H,4-5,7H2,1-3H3,(H,15,17,18,19). The van der Waals surface area contributed by atoms with Gasteiger partial charge in [0.05, 0.1) is 18.5 Å². The number of hydrogen-bond donors (Lipinski definition) is 1. The topological polar surface area (TPSA) is 86.2 Å². The van der Waals surface area contributed by atoms with Crippen molar-refractivity contribution in [1.82, 2.24) is 15.0 Å². The van der Waals surface area contributed by atoms with Crippen LogP contribution in [0.5, 0.6) is 0 Å². The molecule has 7 nitrogen and oxygen atoms in total. The summed E-state index contributed by atoms with van der Waals surface area (Å²) in [4.78, 5) is 25.6. The molecule has 1 amide bonds. The lowest BCUT2D eigenvalue weighted by molar-refractivity contribution is 0.0636. The van der Waals surface area contributed by atoms with Gasteiger partial charge in [0.2, 0.25) is 0 Å². The molecule has 1 fully saturated rings. The predicted molar refractivity (Wildman–Crippen MR) is 83.2 cm³/mol. The van der Waals surface area contributed by atoms with Crippen LogP contribution < -0.4 is 5.32 Å². The Labute approximate surface area is 132 Å². The Hall–Kier alpha value is -1.80. The molecule has 1 unspecified atom stereocenters. The summed E-state index contributed by atoms with van der Waals surface area (Å²) in [5.41, 5.74) is 0.892. The number of anilines is 1. The maximum atomic E-state index is 11.8. The molecular formula is C14H18N4O3S. The van der Waals surface area contributed by atoms with Crippen LogP contribution in [-0.4, -0.2) is 39.9 Å². The molecule has 1 saturated heterocycles. The van der Waals surface area contributed by atoms with Gasteiger partial charge in [0.1, 0.15) is 5.60 Å². The molecule has 2 aromatic rings. The Morgan fingerprint density at radius 1 is 1.45 bits per heavy atom. The second kappa shape index (κ2) is 5.77. The van der Waals surface area contributed by atoms with Crippen LogP contribution in [-0.2, 0) is 9.47 Å². The second-order valence-corrected chi connectivity index (χ2v) is 7.11. The molecule has 0 aromatic carbocycles. The molecule has 0 radical (unpaired) electrons. The first kappa shape index (κ1) is 15.1. The van der Waals surface area contributed by atoms with Crippen molar-refractivity contribution in [1.29, 1.82) is 0 Å². The lowest BCUT2D eigenvalue weighted by Gasteiger charge is -2.18. The summed E-state index contributed by atoms with van der Waals surface area (Å²) in [5.74, 6) is 0.293. The number of hydrogen-bond acceptors (Lipinski definition) is 7. The van der Waals surface area contributed by atoms with Crippen molar-refractivity contribution in [2.45, 2.75) is 38.7 Å². The van der Waals surface area contributed by atoms with E-state index in [9.17, 15) is 4.79 Å². The van der Waals surface area contributed by atoms with Gasteiger partial charge in [-0.2, -0.15) is 4.98 Å². The van der Waals surface area contributed by atoms with E-state index in [1.807, 2.05) is 20.8 Å². The van der Waals surface area contributed by atoms with E-state index < -0.39 is 11.7 Å². The summed E-state index contributed by atoms with van der Waals surface area (Å²) in [6, 6.07) is 0. The van der Waals surface area contributed by atoms with Gasteiger partial charge in [-0.1, -0.05) is 11.3 Å². The highest BCUT2D eigenvalue weighted by atomic mass is 32.1. The SMILES string of the molecule is CC(C)(C)OC(=O)Nc1nc2ncc(C3CCOC3)nc2s1. The Kier molecular flexibility index (Phi) is 3.96. The van der Waals surface area contributed by atoms with Crippen molar-refractivity contribution in [3.8, 4) is 0 Å². The summed E-state index contributed by atoms with van der Waals surface area (Å²) in [6.45, 7) is 6.87. The fourth-order valence-corrected chi connectivity index (χ4v) is 2.93. The Bertz CT molecular complexity index is 689. The van der Waals surface area contributed by atoms with Gasteiger partial charge in [-0.3, -0.25) is 5.32 Å². The van der Waals surface area contributed by atoms with Gasteiger partial charge in [0.15, 0.2) is 15.6 Å². The minimum atomic E-state index is -0.549. The molecular weight excluding hydrogens is 304 g/mol. The lowest BCUT2D eigenvalue weighted by Crippen LogP contribution is -2.27. The normalized spacial score (nSPS) is 18.6. The van der Waals surface area contributed by atoms with Crippen molar-refractivity contribution >= 4 is 33.0 Å². The van der Waals surface area contributed by atoms with Crippen molar-refractivity contribution in [3.05, 3.63) is 11.9 Å². The highest BCUT2D eigenvalue weighted by molar-refractivity contribution is 7.21. The molecule has 1 atom stereocenters. The first-order chi connectivity index (χ1) is 10.4. The summed E-state index contributed by atoms with van der Waals surface area (Å²) >= 11 is 1.29. The molecule has 1 aliphatic rings. The smallest absolute Gasteiger partial charge is 0.413 e. The number of aromatic nitrogens is 3. The highest BCUT2D eigenvalue weighted by Crippen LogP contribution is 2.28. The Morgan fingerprint density at radius 3 is 2.95 bits per heavy atom. The molecule has 1 aliphatic heterocycles. The highest BCUT2D eigenvalue weighted by Gasteiger charge is 2.21. The number of nitrogens with one attached hydrogen (secondary N) is 1. The average molecular weight is 322 g/mol. The van der Waals surface area contributed by atoms with Gasteiger partial charge in [0.25, 0.3) is 0 Å². The third-order valence-electron chi connectivity index (χ3n) is 3.10. The van der Waals surface area contributed by atoms with Crippen LogP contribution >= 0.6 is 11.3 Å². The van der Waals surface area contributed by atoms with Gasteiger partial charge in [-0.25, -0.2) is 14.8 Å². The molecule has 2 aromatic heterocycles. The van der Waals surface area contributed by atoms with Crippen molar-refractivity contribution < 1.29 is 14.3 Å². The molecule has 3 heterocycles. The van der Waals surface area contributed by atoms with E-state index >= 15 is 0 Å². The maximum Gasteiger partial charge on any atom is 0.413 e. The molecule has 1 N–H and O–H groups in total. The van der Waals surface area contributed by atoms with Crippen LogP contribution in [0.3, 0.4) is 0 Å². The predicted octanol–water partition coefficient (Wildman–Crippen LogP) is 2.94. The molecule has 0 bridgehead atoms. The first-order valence-electron chi connectivity index (χ1n) is 7.12. The summed E-state index contributed by atoms with van der Waals surface area (Å²) in [5, 5.41) is 3.05. The zero-order valence-electron chi connectivity index (χ0n) is 12.8. The Morgan fingerprint density at radius 2 is 2.27 bits per heavy atom. The number of thiazole rings is 1. The fourth-order valence-electron chi connectivity index (χ4n) is 2.14. The van der Waals surface area contributed by atoms with Crippen molar-refractivity contribution in [2.24, 2.45) is 0 Å². The fraction of sp³-hybridized carbons (Fsp3) is 0.571. The number of fused-ring (bicyclic) bond motifs is 1. The average Bonchev–Trinajstić information content (AvgIpc) is 3.03. The molecule has 118 valence electrons. The molecule has 0 saturated carbocycles. The molecule has 0 aliphatic carbocycles. The molecule has 0 spiro atoms. The van der Waals surface area contributed by atoms with Crippen LogP contribution in [0.2, 0.25) is 0 Å². The van der Waals surface area contributed by atoms with Gasteiger partial charge in [0, 0.05) is 12.5 Å². The molecule has 3 rings (SSSR count). The molecule has 8 heteroatoms. The van der Waals surface area contributed by atoms with Gasteiger partial charge in [-0.05, 0) is 27.2 Å². The monoisotopic (exact) mass is 322 g/mol. The van der Waals surface area contributed by atoms with Crippen LogP contribution in [0.4, 0.5) is 9.93 Å². The number of rotatable bonds is 2. The van der Waals surface area contributed by atoms with E-state index in [0.717, 1.165) is 18.7 Å². The first-order valence-corrected chi connectivity index (χ1v) is 7.93. The van der Waals surface area contributed by atoms with E-state index in [2.05, 4.69) is 20.3 Å². The maximum absolute atomic E-state index is 11.8.